The molecule has 1 aliphatic heterocycles. The molecule has 1 aliphatic rings. The number of para-hydroxylation sites is 1. The largest absolute Gasteiger partial charge is 0.382 e. The van der Waals surface area contributed by atoms with Crippen molar-refractivity contribution < 1.29 is 4.74 Å². The van der Waals surface area contributed by atoms with Crippen LogP contribution in [0.15, 0.2) is 24.3 Å². The van der Waals surface area contributed by atoms with Crippen molar-refractivity contribution in [1.82, 2.24) is 4.90 Å². The van der Waals surface area contributed by atoms with Crippen LogP contribution in [0.25, 0.3) is 0 Å². The Morgan fingerprint density at radius 3 is 3.06 bits per heavy atom. The summed E-state index contributed by atoms with van der Waals surface area (Å²) in [5, 5.41) is 3.47. The Morgan fingerprint density at radius 1 is 1.47 bits per heavy atom. The number of nitrogens with one attached hydrogen (secondary N) is 1. The zero-order chi connectivity index (χ0) is 12.1. The number of rotatable bonds is 4. The number of ether oxygens (including phenoxy) is 1. The Morgan fingerprint density at radius 2 is 2.29 bits per heavy atom. The highest BCUT2D eigenvalue weighted by Gasteiger charge is 2.18. The lowest BCUT2D eigenvalue weighted by Gasteiger charge is -2.32. The predicted molar refractivity (Wildman–Crippen MR) is 79.5 cm³/mol. The normalized spacial score (nSPS) is 21.4. The monoisotopic (exact) mass is 346 g/mol. The van der Waals surface area contributed by atoms with Crippen molar-refractivity contribution >= 4 is 28.3 Å². The van der Waals surface area contributed by atoms with Crippen molar-refractivity contribution in [3.63, 3.8) is 0 Å². The van der Waals surface area contributed by atoms with Gasteiger partial charge in [0.1, 0.15) is 0 Å². The lowest BCUT2D eigenvalue weighted by atomic mass is 10.2. The molecule has 3 nitrogen and oxygen atoms in total. The standard InChI is InChI=1S/C13H19IN2O/c1-2-16-7-8-17-11(10-16)9-15-13-6-4-3-5-12(13)14/h3-6,11,15H,2,7-10H2,1H3. The van der Waals surface area contributed by atoms with Gasteiger partial charge >= 0.3 is 0 Å². The van der Waals surface area contributed by atoms with E-state index < -0.39 is 0 Å². The third-order valence-electron chi connectivity index (χ3n) is 3.06. The predicted octanol–water partition coefficient (Wildman–Crippen LogP) is 2.42. The molecule has 0 radical (unpaired) electrons. The summed E-state index contributed by atoms with van der Waals surface area (Å²) in [6, 6.07) is 8.35. The fourth-order valence-electron chi connectivity index (χ4n) is 2.02. The number of hydrogen-bond acceptors (Lipinski definition) is 3. The van der Waals surface area contributed by atoms with Crippen LogP contribution in [0.2, 0.25) is 0 Å². The molecule has 1 heterocycles. The molecule has 1 saturated heterocycles. The molecule has 1 N–H and O–H groups in total. The summed E-state index contributed by atoms with van der Waals surface area (Å²) in [5.74, 6) is 0. The number of benzene rings is 1. The van der Waals surface area contributed by atoms with Crippen molar-refractivity contribution in [2.24, 2.45) is 0 Å². The first kappa shape index (κ1) is 13.1. The van der Waals surface area contributed by atoms with Crippen LogP contribution in [0.5, 0.6) is 0 Å². The summed E-state index contributed by atoms with van der Waals surface area (Å²) in [7, 11) is 0. The van der Waals surface area contributed by atoms with Gasteiger partial charge < -0.3 is 10.1 Å². The molecule has 0 bridgehead atoms. The quantitative estimate of drug-likeness (QED) is 0.848. The summed E-state index contributed by atoms with van der Waals surface area (Å²) in [6.45, 7) is 7.16. The smallest absolute Gasteiger partial charge is 0.0874 e. The van der Waals surface area contributed by atoms with Crippen LogP contribution in [0.1, 0.15) is 6.92 Å². The Bertz CT molecular complexity index is 359. The first-order valence-electron chi connectivity index (χ1n) is 6.12. The van der Waals surface area contributed by atoms with Gasteiger partial charge in [0, 0.05) is 28.9 Å². The molecule has 17 heavy (non-hydrogen) atoms. The number of halogens is 1. The first-order chi connectivity index (χ1) is 8.29. The van der Waals surface area contributed by atoms with E-state index in [1.54, 1.807) is 0 Å². The molecular formula is C13H19IN2O. The van der Waals surface area contributed by atoms with Crippen molar-refractivity contribution in [3.05, 3.63) is 27.8 Å². The third-order valence-corrected chi connectivity index (χ3v) is 4.00. The Hall–Kier alpha value is -0.330. The van der Waals surface area contributed by atoms with Crippen LogP contribution in [0, 0.1) is 3.57 Å². The van der Waals surface area contributed by atoms with Crippen LogP contribution in [0.4, 0.5) is 5.69 Å². The van der Waals surface area contributed by atoms with Crippen LogP contribution in [-0.2, 0) is 4.74 Å². The molecule has 0 aromatic heterocycles. The van der Waals surface area contributed by atoms with Gasteiger partial charge in [0.2, 0.25) is 0 Å². The SMILES string of the molecule is CCN1CCOC(CNc2ccccc2I)C1. The van der Waals surface area contributed by atoms with Gasteiger partial charge in [0.25, 0.3) is 0 Å². The lowest BCUT2D eigenvalue weighted by molar-refractivity contribution is -0.0191. The second-order valence-corrected chi connectivity index (χ2v) is 5.41. The number of nitrogens with zero attached hydrogens (tertiary/aromatic N) is 1. The highest BCUT2D eigenvalue weighted by Crippen LogP contribution is 2.17. The van der Waals surface area contributed by atoms with Gasteiger partial charge in [-0.3, -0.25) is 4.90 Å². The van der Waals surface area contributed by atoms with E-state index in [0.29, 0.717) is 6.10 Å². The minimum absolute atomic E-state index is 0.305. The Balaban J connectivity index is 1.84. The fourth-order valence-corrected chi connectivity index (χ4v) is 2.60. The minimum Gasteiger partial charge on any atom is -0.382 e. The first-order valence-corrected chi connectivity index (χ1v) is 7.20. The highest BCUT2D eigenvalue weighted by atomic mass is 127. The van der Waals surface area contributed by atoms with Crippen LogP contribution < -0.4 is 5.32 Å². The average Bonchev–Trinajstić information content (AvgIpc) is 2.38. The summed E-state index contributed by atoms with van der Waals surface area (Å²) in [4.78, 5) is 2.44. The molecule has 2 rings (SSSR count). The lowest BCUT2D eigenvalue weighted by Crippen LogP contribution is -2.45. The van der Waals surface area contributed by atoms with E-state index >= 15 is 0 Å². The Kier molecular flexibility index (Phi) is 5.06. The third kappa shape index (κ3) is 3.82. The molecule has 1 unspecified atom stereocenters. The van der Waals surface area contributed by atoms with Gasteiger partial charge in [-0.15, -0.1) is 0 Å². The van der Waals surface area contributed by atoms with E-state index in [0.717, 1.165) is 32.8 Å². The second kappa shape index (κ2) is 6.56. The van der Waals surface area contributed by atoms with E-state index in [-0.39, 0.29) is 0 Å². The minimum atomic E-state index is 0.305. The Labute approximate surface area is 117 Å². The zero-order valence-electron chi connectivity index (χ0n) is 10.2. The van der Waals surface area contributed by atoms with E-state index in [2.05, 4.69) is 64.0 Å². The summed E-state index contributed by atoms with van der Waals surface area (Å²) >= 11 is 2.35. The van der Waals surface area contributed by atoms with E-state index in [4.69, 9.17) is 4.74 Å². The molecule has 1 aromatic rings. The number of hydrogen-bond donors (Lipinski definition) is 1. The molecule has 0 saturated carbocycles. The summed E-state index contributed by atoms with van der Waals surface area (Å²) < 4.78 is 7.02. The van der Waals surface area contributed by atoms with Gasteiger partial charge in [-0.2, -0.15) is 0 Å². The van der Waals surface area contributed by atoms with Gasteiger partial charge in [-0.1, -0.05) is 19.1 Å². The second-order valence-electron chi connectivity index (χ2n) is 4.25. The number of anilines is 1. The molecule has 0 spiro atoms. The fraction of sp³-hybridized carbons (Fsp3) is 0.538. The maximum Gasteiger partial charge on any atom is 0.0874 e. The van der Waals surface area contributed by atoms with Gasteiger partial charge in [-0.05, 0) is 41.3 Å². The van der Waals surface area contributed by atoms with Crippen molar-refractivity contribution in [2.45, 2.75) is 13.0 Å². The van der Waals surface area contributed by atoms with Crippen LogP contribution >= 0.6 is 22.6 Å². The summed E-state index contributed by atoms with van der Waals surface area (Å²) in [6.07, 6.45) is 0.305. The maximum absolute atomic E-state index is 5.77. The molecule has 0 amide bonds. The van der Waals surface area contributed by atoms with Crippen molar-refractivity contribution in [1.29, 1.82) is 0 Å². The number of morpholine rings is 1. The van der Waals surface area contributed by atoms with Gasteiger partial charge in [0.05, 0.1) is 12.7 Å². The molecule has 1 atom stereocenters. The molecule has 0 aliphatic carbocycles. The van der Waals surface area contributed by atoms with E-state index in [1.807, 2.05) is 0 Å². The molecular weight excluding hydrogens is 327 g/mol. The van der Waals surface area contributed by atoms with Crippen LogP contribution in [0.3, 0.4) is 0 Å². The van der Waals surface area contributed by atoms with Crippen molar-refractivity contribution in [2.75, 3.05) is 38.1 Å². The molecule has 1 fully saturated rings. The maximum atomic E-state index is 5.77. The van der Waals surface area contributed by atoms with E-state index in [1.165, 1.54) is 9.26 Å². The average molecular weight is 346 g/mol. The molecule has 94 valence electrons. The molecule has 4 heteroatoms. The summed E-state index contributed by atoms with van der Waals surface area (Å²) in [5.41, 5.74) is 1.20. The zero-order valence-corrected chi connectivity index (χ0v) is 12.3. The molecule has 1 aromatic carbocycles. The topological polar surface area (TPSA) is 24.5 Å². The van der Waals surface area contributed by atoms with Crippen LogP contribution in [-0.4, -0.2) is 43.8 Å². The van der Waals surface area contributed by atoms with Crippen molar-refractivity contribution in [3.8, 4) is 0 Å². The number of likely N-dealkylation sites (N-methyl/N-ethyl adjacent to an activating group) is 1. The van der Waals surface area contributed by atoms with Gasteiger partial charge in [0.15, 0.2) is 0 Å². The van der Waals surface area contributed by atoms with E-state index in [9.17, 15) is 0 Å². The van der Waals surface area contributed by atoms with Gasteiger partial charge in [-0.25, -0.2) is 0 Å². The highest BCUT2D eigenvalue weighted by molar-refractivity contribution is 14.1.